The Morgan fingerprint density at radius 2 is 2.20 bits per heavy atom. The molecule has 0 bridgehead atoms. The normalized spacial score (nSPS) is 36.8. The molecule has 1 saturated carbocycles. The Morgan fingerprint density at radius 1 is 1.47 bits per heavy atom. The molecule has 0 saturated heterocycles. The van der Waals surface area contributed by atoms with E-state index >= 15 is 0 Å². The molecule has 1 aliphatic rings. The van der Waals surface area contributed by atoms with Gasteiger partial charge in [0.05, 0.1) is 5.60 Å². The van der Waals surface area contributed by atoms with E-state index in [4.69, 9.17) is 0 Å². The lowest BCUT2D eigenvalue weighted by Gasteiger charge is -2.40. The van der Waals surface area contributed by atoms with Crippen LogP contribution in [0, 0.1) is 18.8 Å². The minimum Gasteiger partial charge on any atom is -0.385 e. The molecule has 1 fully saturated rings. The molecule has 1 heterocycles. The maximum absolute atomic E-state index is 10.7. The zero-order valence-electron chi connectivity index (χ0n) is 9.79. The standard InChI is InChI=1S/C13H20OS/c1-9-4-5-13(14,10(2)6-9)12-7-11(3)15-8-12/h7-10,14H,4-6H2,1-3H3. The van der Waals surface area contributed by atoms with Gasteiger partial charge in [0.2, 0.25) is 0 Å². The van der Waals surface area contributed by atoms with Gasteiger partial charge in [-0.2, -0.15) is 0 Å². The highest BCUT2D eigenvalue weighted by Crippen LogP contribution is 2.44. The van der Waals surface area contributed by atoms with Crippen LogP contribution in [0.5, 0.6) is 0 Å². The van der Waals surface area contributed by atoms with Crippen molar-refractivity contribution in [3.05, 3.63) is 21.9 Å². The summed E-state index contributed by atoms with van der Waals surface area (Å²) < 4.78 is 0. The Morgan fingerprint density at radius 3 is 2.73 bits per heavy atom. The van der Waals surface area contributed by atoms with Crippen LogP contribution in [-0.2, 0) is 5.60 Å². The van der Waals surface area contributed by atoms with E-state index in [1.807, 2.05) is 0 Å². The van der Waals surface area contributed by atoms with Crippen LogP contribution < -0.4 is 0 Å². The molecule has 0 aromatic carbocycles. The van der Waals surface area contributed by atoms with Crippen molar-refractivity contribution in [3.8, 4) is 0 Å². The predicted octanol–water partition coefficient (Wildman–Crippen LogP) is 3.70. The van der Waals surface area contributed by atoms with E-state index in [9.17, 15) is 5.11 Å². The molecule has 2 heteroatoms. The quantitative estimate of drug-likeness (QED) is 0.771. The highest BCUT2D eigenvalue weighted by Gasteiger charge is 2.40. The molecule has 3 atom stereocenters. The maximum atomic E-state index is 10.7. The SMILES string of the molecule is Cc1cc(C2(O)CCC(C)CC2C)cs1. The smallest absolute Gasteiger partial charge is 0.0930 e. The van der Waals surface area contributed by atoms with Crippen molar-refractivity contribution in [2.75, 3.05) is 0 Å². The molecule has 84 valence electrons. The Balaban J connectivity index is 2.26. The Kier molecular flexibility index (Phi) is 2.91. The fourth-order valence-electron chi connectivity index (χ4n) is 2.73. The summed E-state index contributed by atoms with van der Waals surface area (Å²) in [6.45, 7) is 6.57. The first-order valence-corrected chi connectivity index (χ1v) is 6.68. The van der Waals surface area contributed by atoms with Gasteiger partial charge in [0.25, 0.3) is 0 Å². The van der Waals surface area contributed by atoms with E-state index in [-0.39, 0.29) is 0 Å². The van der Waals surface area contributed by atoms with E-state index in [2.05, 4.69) is 32.2 Å². The lowest BCUT2D eigenvalue weighted by molar-refractivity contribution is -0.0584. The topological polar surface area (TPSA) is 20.2 Å². The fourth-order valence-corrected chi connectivity index (χ4v) is 3.51. The van der Waals surface area contributed by atoms with E-state index in [1.165, 1.54) is 4.88 Å². The van der Waals surface area contributed by atoms with Crippen molar-refractivity contribution in [2.45, 2.75) is 45.6 Å². The first-order valence-electron chi connectivity index (χ1n) is 5.80. The molecule has 1 aliphatic carbocycles. The Bertz CT molecular complexity index is 344. The van der Waals surface area contributed by atoms with E-state index in [1.54, 1.807) is 11.3 Å². The summed E-state index contributed by atoms with van der Waals surface area (Å²) >= 11 is 1.74. The van der Waals surface area contributed by atoms with Gasteiger partial charge in [-0.15, -0.1) is 11.3 Å². The minimum absolute atomic E-state index is 0.384. The van der Waals surface area contributed by atoms with Crippen LogP contribution in [0.3, 0.4) is 0 Å². The molecule has 0 amide bonds. The molecule has 0 aliphatic heterocycles. The lowest BCUT2D eigenvalue weighted by atomic mass is 9.70. The number of rotatable bonds is 1. The van der Waals surface area contributed by atoms with Crippen LogP contribution in [0.25, 0.3) is 0 Å². The first-order chi connectivity index (χ1) is 7.02. The molecule has 3 unspecified atom stereocenters. The third-order valence-corrected chi connectivity index (χ3v) is 4.68. The largest absolute Gasteiger partial charge is 0.385 e. The van der Waals surface area contributed by atoms with Gasteiger partial charge in [-0.05, 0) is 55.0 Å². The number of aryl methyl sites for hydroxylation is 1. The third kappa shape index (κ3) is 1.98. The van der Waals surface area contributed by atoms with Gasteiger partial charge in [-0.25, -0.2) is 0 Å². The average Bonchev–Trinajstić information content (AvgIpc) is 2.60. The van der Waals surface area contributed by atoms with Crippen molar-refractivity contribution in [2.24, 2.45) is 11.8 Å². The van der Waals surface area contributed by atoms with Crippen molar-refractivity contribution >= 4 is 11.3 Å². The summed E-state index contributed by atoms with van der Waals surface area (Å²) in [4.78, 5) is 1.30. The zero-order chi connectivity index (χ0) is 11.1. The van der Waals surface area contributed by atoms with E-state index < -0.39 is 5.60 Å². The zero-order valence-corrected chi connectivity index (χ0v) is 10.6. The molecule has 15 heavy (non-hydrogen) atoms. The van der Waals surface area contributed by atoms with Gasteiger partial charge < -0.3 is 5.11 Å². The molecule has 1 nitrogen and oxygen atoms in total. The average molecular weight is 224 g/mol. The minimum atomic E-state index is -0.558. The number of thiophene rings is 1. The van der Waals surface area contributed by atoms with Gasteiger partial charge in [0.1, 0.15) is 0 Å². The summed E-state index contributed by atoms with van der Waals surface area (Å²) in [6, 6.07) is 2.15. The van der Waals surface area contributed by atoms with Crippen LogP contribution in [0.15, 0.2) is 11.4 Å². The second-order valence-electron chi connectivity index (χ2n) is 5.15. The van der Waals surface area contributed by atoms with E-state index in [0.29, 0.717) is 5.92 Å². The fraction of sp³-hybridized carbons (Fsp3) is 0.692. The number of hydrogen-bond acceptors (Lipinski definition) is 2. The van der Waals surface area contributed by atoms with Crippen molar-refractivity contribution in [1.82, 2.24) is 0 Å². The number of aliphatic hydroxyl groups is 1. The predicted molar refractivity (Wildman–Crippen MR) is 65.1 cm³/mol. The van der Waals surface area contributed by atoms with Crippen LogP contribution in [0.1, 0.15) is 43.6 Å². The van der Waals surface area contributed by atoms with Crippen LogP contribution in [-0.4, -0.2) is 5.11 Å². The summed E-state index contributed by atoms with van der Waals surface area (Å²) in [7, 11) is 0. The van der Waals surface area contributed by atoms with Crippen molar-refractivity contribution in [3.63, 3.8) is 0 Å². The molecular formula is C13H20OS. The third-order valence-electron chi connectivity index (χ3n) is 3.82. The van der Waals surface area contributed by atoms with Gasteiger partial charge in [-0.3, -0.25) is 0 Å². The van der Waals surface area contributed by atoms with Gasteiger partial charge in [0.15, 0.2) is 0 Å². The molecule has 0 spiro atoms. The van der Waals surface area contributed by atoms with Crippen LogP contribution in [0.4, 0.5) is 0 Å². The van der Waals surface area contributed by atoms with Gasteiger partial charge in [-0.1, -0.05) is 13.8 Å². The van der Waals surface area contributed by atoms with Crippen molar-refractivity contribution < 1.29 is 5.11 Å². The Labute approximate surface area is 96.1 Å². The molecular weight excluding hydrogens is 204 g/mol. The maximum Gasteiger partial charge on any atom is 0.0930 e. The summed E-state index contributed by atoms with van der Waals surface area (Å²) in [5.74, 6) is 1.15. The molecule has 1 N–H and O–H groups in total. The summed E-state index contributed by atoms with van der Waals surface area (Å²) in [5.41, 5.74) is 0.585. The first kappa shape index (κ1) is 11.2. The molecule has 2 rings (SSSR count). The second-order valence-corrected chi connectivity index (χ2v) is 6.27. The Hall–Kier alpha value is -0.340. The second kappa shape index (κ2) is 3.91. The summed E-state index contributed by atoms with van der Waals surface area (Å²) in [5, 5.41) is 12.9. The molecule has 1 aromatic rings. The molecule has 0 radical (unpaired) electrons. The highest BCUT2D eigenvalue weighted by atomic mass is 32.1. The number of hydrogen-bond donors (Lipinski definition) is 1. The van der Waals surface area contributed by atoms with E-state index in [0.717, 1.165) is 30.7 Å². The summed E-state index contributed by atoms with van der Waals surface area (Å²) in [6.07, 6.45) is 3.21. The highest BCUT2D eigenvalue weighted by molar-refractivity contribution is 7.10. The van der Waals surface area contributed by atoms with Crippen molar-refractivity contribution in [1.29, 1.82) is 0 Å². The van der Waals surface area contributed by atoms with Crippen LogP contribution >= 0.6 is 11.3 Å². The molecule has 1 aromatic heterocycles. The van der Waals surface area contributed by atoms with Gasteiger partial charge in [0, 0.05) is 4.88 Å². The monoisotopic (exact) mass is 224 g/mol. The lowest BCUT2D eigenvalue weighted by Crippen LogP contribution is -2.38. The van der Waals surface area contributed by atoms with Gasteiger partial charge >= 0.3 is 0 Å². The van der Waals surface area contributed by atoms with Crippen LogP contribution in [0.2, 0.25) is 0 Å².